The molecule has 0 amide bonds. The SMILES string of the molecule is C=CCc1cc(-c2ccc(OCC)cc2)c(-c2ccccc2)o1. The summed E-state index contributed by atoms with van der Waals surface area (Å²) in [6.45, 7) is 6.45. The Labute approximate surface area is 137 Å². The van der Waals surface area contributed by atoms with E-state index in [0.717, 1.165) is 40.4 Å². The van der Waals surface area contributed by atoms with Gasteiger partial charge in [0.1, 0.15) is 17.3 Å². The molecule has 0 saturated heterocycles. The van der Waals surface area contributed by atoms with Gasteiger partial charge in [-0.2, -0.15) is 0 Å². The summed E-state index contributed by atoms with van der Waals surface area (Å²) in [5, 5.41) is 0. The standard InChI is InChI=1S/C21H20O2/c1-3-8-19-15-20(16-11-13-18(14-12-16)22-4-2)21(23-19)17-9-6-5-7-10-17/h3,5-7,9-15H,1,4,8H2,2H3. The van der Waals surface area contributed by atoms with E-state index >= 15 is 0 Å². The average Bonchev–Trinajstić information content (AvgIpc) is 3.01. The molecule has 3 rings (SSSR count). The van der Waals surface area contributed by atoms with Gasteiger partial charge < -0.3 is 9.15 Å². The van der Waals surface area contributed by atoms with Gasteiger partial charge in [-0.25, -0.2) is 0 Å². The lowest BCUT2D eigenvalue weighted by atomic mass is 10.0. The number of rotatable bonds is 6. The Morgan fingerprint density at radius 3 is 2.39 bits per heavy atom. The molecular formula is C21H20O2. The predicted molar refractivity (Wildman–Crippen MR) is 94.7 cm³/mol. The van der Waals surface area contributed by atoms with Crippen LogP contribution >= 0.6 is 0 Å². The molecule has 0 fully saturated rings. The highest BCUT2D eigenvalue weighted by molar-refractivity contribution is 5.80. The minimum atomic E-state index is 0.670. The van der Waals surface area contributed by atoms with Crippen molar-refractivity contribution in [2.75, 3.05) is 6.61 Å². The molecule has 0 unspecified atom stereocenters. The number of hydrogen-bond donors (Lipinski definition) is 0. The first-order valence-corrected chi connectivity index (χ1v) is 7.84. The lowest BCUT2D eigenvalue weighted by Gasteiger charge is -2.06. The van der Waals surface area contributed by atoms with E-state index in [0.29, 0.717) is 6.61 Å². The molecule has 0 saturated carbocycles. The van der Waals surface area contributed by atoms with Crippen LogP contribution in [0.3, 0.4) is 0 Å². The fraction of sp³-hybridized carbons (Fsp3) is 0.143. The maximum atomic E-state index is 6.07. The van der Waals surface area contributed by atoms with Gasteiger partial charge in [0.2, 0.25) is 0 Å². The van der Waals surface area contributed by atoms with Crippen molar-refractivity contribution >= 4 is 0 Å². The van der Waals surface area contributed by atoms with E-state index in [2.05, 4.69) is 36.9 Å². The molecule has 116 valence electrons. The van der Waals surface area contributed by atoms with Crippen molar-refractivity contribution in [3.63, 3.8) is 0 Å². The molecule has 0 radical (unpaired) electrons. The Morgan fingerprint density at radius 1 is 1.00 bits per heavy atom. The van der Waals surface area contributed by atoms with E-state index in [-0.39, 0.29) is 0 Å². The largest absolute Gasteiger partial charge is 0.494 e. The summed E-state index contributed by atoms with van der Waals surface area (Å²) in [5.74, 6) is 2.70. The second kappa shape index (κ2) is 7.01. The van der Waals surface area contributed by atoms with E-state index in [4.69, 9.17) is 9.15 Å². The van der Waals surface area contributed by atoms with Crippen LogP contribution in [-0.4, -0.2) is 6.61 Å². The molecule has 1 heterocycles. The summed E-state index contributed by atoms with van der Waals surface area (Å²) < 4.78 is 11.6. The molecule has 1 aromatic heterocycles. The van der Waals surface area contributed by atoms with Crippen molar-refractivity contribution in [3.8, 4) is 28.2 Å². The van der Waals surface area contributed by atoms with Crippen LogP contribution < -0.4 is 4.74 Å². The molecule has 0 aliphatic carbocycles. The topological polar surface area (TPSA) is 22.4 Å². The Bertz CT molecular complexity index is 767. The van der Waals surface area contributed by atoms with Crippen LogP contribution in [0.1, 0.15) is 12.7 Å². The third-order valence-corrected chi connectivity index (χ3v) is 3.64. The zero-order chi connectivity index (χ0) is 16.1. The number of benzene rings is 2. The van der Waals surface area contributed by atoms with Crippen LogP contribution in [0.4, 0.5) is 0 Å². The van der Waals surface area contributed by atoms with Crippen molar-refractivity contribution < 1.29 is 9.15 Å². The predicted octanol–water partition coefficient (Wildman–Crippen LogP) is 5.74. The molecule has 0 N–H and O–H groups in total. The molecule has 0 bridgehead atoms. The highest BCUT2D eigenvalue weighted by atomic mass is 16.5. The maximum absolute atomic E-state index is 6.07. The van der Waals surface area contributed by atoms with Gasteiger partial charge in [0.25, 0.3) is 0 Å². The Morgan fingerprint density at radius 2 is 1.74 bits per heavy atom. The van der Waals surface area contributed by atoms with Gasteiger partial charge in [-0.05, 0) is 30.7 Å². The summed E-state index contributed by atoms with van der Waals surface area (Å²) >= 11 is 0. The third kappa shape index (κ3) is 3.37. The van der Waals surface area contributed by atoms with E-state index in [9.17, 15) is 0 Å². The van der Waals surface area contributed by atoms with Crippen LogP contribution in [0.2, 0.25) is 0 Å². The summed E-state index contributed by atoms with van der Waals surface area (Å²) in [6.07, 6.45) is 2.58. The zero-order valence-corrected chi connectivity index (χ0v) is 13.3. The van der Waals surface area contributed by atoms with Crippen molar-refractivity contribution in [1.29, 1.82) is 0 Å². The Kier molecular flexibility index (Phi) is 4.62. The van der Waals surface area contributed by atoms with Gasteiger partial charge in [0.15, 0.2) is 0 Å². The first-order valence-electron chi connectivity index (χ1n) is 7.84. The summed E-state index contributed by atoms with van der Waals surface area (Å²) in [6, 6.07) is 20.4. The molecule has 3 aromatic rings. The summed E-state index contributed by atoms with van der Waals surface area (Å²) in [7, 11) is 0. The first-order chi connectivity index (χ1) is 11.3. The second-order valence-electron chi connectivity index (χ2n) is 5.27. The van der Waals surface area contributed by atoms with Crippen LogP contribution in [0.5, 0.6) is 5.75 Å². The molecular weight excluding hydrogens is 284 g/mol. The Balaban J connectivity index is 2.04. The number of furan rings is 1. The molecule has 0 spiro atoms. The number of ether oxygens (including phenoxy) is 1. The maximum Gasteiger partial charge on any atom is 0.142 e. The second-order valence-corrected chi connectivity index (χ2v) is 5.27. The lowest BCUT2D eigenvalue weighted by Crippen LogP contribution is -1.90. The van der Waals surface area contributed by atoms with E-state index < -0.39 is 0 Å². The van der Waals surface area contributed by atoms with Gasteiger partial charge in [0, 0.05) is 17.5 Å². The van der Waals surface area contributed by atoms with Crippen molar-refractivity contribution in [2.24, 2.45) is 0 Å². The molecule has 2 nitrogen and oxygen atoms in total. The first kappa shape index (κ1) is 15.2. The number of hydrogen-bond acceptors (Lipinski definition) is 2. The van der Waals surface area contributed by atoms with Gasteiger partial charge in [-0.3, -0.25) is 0 Å². The van der Waals surface area contributed by atoms with Crippen LogP contribution in [-0.2, 0) is 6.42 Å². The smallest absolute Gasteiger partial charge is 0.142 e. The highest BCUT2D eigenvalue weighted by Gasteiger charge is 2.14. The highest BCUT2D eigenvalue weighted by Crippen LogP contribution is 2.36. The minimum absolute atomic E-state index is 0.670. The Hall–Kier alpha value is -2.74. The van der Waals surface area contributed by atoms with Crippen LogP contribution in [0.15, 0.2) is 77.7 Å². The fourth-order valence-corrected chi connectivity index (χ4v) is 2.60. The van der Waals surface area contributed by atoms with Crippen molar-refractivity contribution in [3.05, 3.63) is 79.1 Å². The van der Waals surface area contributed by atoms with Gasteiger partial charge in [0.05, 0.1) is 6.61 Å². The van der Waals surface area contributed by atoms with E-state index in [1.165, 1.54) is 0 Å². The van der Waals surface area contributed by atoms with Crippen LogP contribution in [0, 0.1) is 0 Å². The monoisotopic (exact) mass is 304 g/mol. The molecule has 2 aromatic carbocycles. The molecule has 0 aliphatic heterocycles. The average molecular weight is 304 g/mol. The molecule has 23 heavy (non-hydrogen) atoms. The molecule has 0 aliphatic rings. The van der Waals surface area contributed by atoms with E-state index in [1.807, 2.05) is 43.3 Å². The number of allylic oxidation sites excluding steroid dienone is 1. The molecule has 2 heteroatoms. The van der Waals surface area contributed by atoms with Crippen molar-refractivity contribution in [1.82, 2.24) is 0 Å². The molecule has 0 atom stereocenters. The zero-order valence-electron chi connectivity index (χ0n) is 13.3. The van der Waals surface area contributed by atoms with Gasteiger partial charge in [-0.1, -0.05) is 48.5 Å². The van der Waals surface area contributed by atoms with Crippen molar-refractivity contribution in [2.45, 2.75) is 13.3 Å². The normalized spacial score (nSPS) is 10.5. The lowest BCUT2D eigenvalue weighted by molar-refractivity contribution is 0.340. The third-order valence-electron chi connectivity index (χ3n) is 3.64. The van der Waals surface area contributed by atoms with E-state index in [1.54, 1.807) is 0 Å². The summed E-state index contributed by atoms with van der Waals surface area (Å²) in [5.41, 5.74) is 3.29. The fourth-order valence-electron chi connectivity index (χ4n) is 2.60. The van der Waals surface area contributed by atoms with Crippen LogP contribution in [0.25, 0.3) is 22.5 Å². The summed E-state index contributed by atoms with van der Waals surface area (Å²) in [4.78, 5) is 0. The van der Waals surface area contributed by atoms with Gasteiger partial charge >= 0.3 is 0 Å². The quantitative estimate of drug-likeness (QED) is 0.542. The minimum Gasteiger partial charge on any atom is -0.494 e. The van der Waals surface area contributed by atoms with Gasteiger partial charge in [-0.15, -0.1) is 6.58 Å².